The molecule has 102 valence electrons. The van der Waals surface area contributed by atoms with Crippen molar-refractivity contribution in [3.05, 3.63) is 23.8 Å². The van der Waals surface area contributed by atoms with E-state index in [0.29, 0.717) is 6.54 Å². The minimum atomic E-state index is -0.276. The van der Waals surface area contributed by atoms with Gasteiger partial charge in [-0.05, 0) is 36.7 Å². The zero-order valence-corrected chi connectivity index (χ0v) is 10.8. The van der Waals surface area contributed by atoms with Crippen molar-refractivity contribution in [2.24, 2.45) is 0 Å². The van der Waals surface area contributed by atoms with Gasteiger partial charge in [-0.25, -0.2) is 0 Å². The summed E-state index contributed by atoms with van der Waals surface area (Å²) >= 11 is 0. The van der Waals surface area contributed by atoms with E-state index in [4.69, 9.17) is 19.7 Å². The fourth-order valence-corrected chi connectivity index (χ4v) is 1.68. The molecule has 0 bridgehead atoms. The van der Waals surface area contributed by atoms with Gasteiger partial charge >= 0.3 is 0 Å². The predicted molar refractivity (Wildman–Crippen MR) is 69.2 cm³/mol. The van der Waals surface area contributed by atoms with Gasteiger partial charge in [0.1, 0.15) is 11.5 Å². The highest BCUT2D eigenvalue weighted by Gasteiger charge is 2.07. The zero-order chi connectivity index (χ0) is 13.4. The molecule has 0 atom stereocenters. The fourth-order valence-electron chi connectivity index (χ4n) is 1.68. The largest absolute Gasteiger partial charge is 0.497 e. The molecular formula is C13H21NO4. The van der Waals surface area contributed by atoms with Gasteiger partial charge in [0.05, 0.1) is 33.5 Å². The molecule has 0 aliphatic carbocycles. The second-order valence-corrected chi connectivity index (χ2v) is 3.94. The maximum atomic E-state index is 8.94. The molecule has 3 N–H and O–H groups in total. The molecule has 0 spiro atoms. The molecule has 0 fully saturated rings. The molecule has 0 saturated heterocycles. The van der Waals surface area contributed by atoms with E-state index in [1.54, 1.807) is 14.2 Å². The Morgan fingerprint density at radius 1 is 1.17 bits per heavy atom. The van der Waals surface area contributed by atoms with E-state index in [1.807, 2.05) is 18.2 Å². The molecule has 1 rings (SSSR count). The first-order chi connectivity index (χ1) is 8.74. The lowest BCUT2D eigenvalue weighted by atomic mass is 10.1. The van der Waals surface area contributed by atoms with Crippen LogP contribution in [0.1, 0.15) is 5.56 Å². The van der Waals surface area contributed by atoms with E-state index in [9.17, 15) is 0 Å². The first-order valence-corrected chi connectivity index (χ1v) is 5.91. The molecule has 5 heteroatoms. The van der Waals surface area contributed by atoms with Crippen LogP contribution in [0.25, 0.3) is 0 Å². The maximum absolute atomic E-state index is 8.94. The van der Waals surface area contributed by atoms with Crippen LogP contribution in [-0.4, -0.2) is 50.2 Å². The van der Waals surface area contributed by atoms with E-state index in [-0.39, 0.29) is 19.3 Å². The van der Waals surface area contributed by atoms with Crippen LogP contribution in [-0.2, 0) is 6.42 Å². The van der Waals surface area contributed by atoms with E-state index in [2.05, 4.69) is 5.32 Å². The highest BCUT2D eigenvalue weighted by molar-refractivity contribution is 5.40. The second kappa shape index (κ2) is 7.92. The predicted octanol–water partition coefficient (Wildman–Crippen LogP) is 0.189. The highest BCUT2D eigenvalue weighted by atomic mass is 16.5. The number of aliphatic hydroxyl groups is 2. The number of hydrogen-bond acceptors (Lipinski definition) is 5. The topological polar surface area (TPSA) is 71.0 Å². The molecule has 1 aromatic carbocycles. The molecule has 0 heterocycles. The number of rotatable bonds is 8. The van der Waals surface area contributed by atoms with Gasteiger partial charge in [-0.2, -0.15) is 0 Å². The van der Waals surface area contributed by atoms with Crippen molar-refractivity contribution in [3.63, 3.8) is 0 Å². The lowest BCUT2D eigenvalue weighted by molar-refractivity contribution is 0.171. The molecule has 0 aliphatic rings. The van der Waals surface area contributed by atoms with E-state index < -0.39 is 0 Å². The maximum Gasteiger partial charge on any atom is 0.122 e. The van der Waals surface area contributed by atoms with Crippen molar-refractivity contribution in [2.45, 2.75) is 12.5 Å². The van der Waals surface area contributed by atoms with Crippen LogP contribution in [0.15, 0.2) is 18.2 Å². The van der Waals surface area contributed by atoms with E-state index in [1.165, 1.54) is 0 Å². The summed E-state index contributed by atoms with van der Waals surface area (Å²) in [7, 11) is 3.25. The second-order valence-electron chi connectivity index (χ2n) is 3.94. The SMILES string of the molecule is COc1ccc(OC)c(CCNC(CO)CO)c1. The summed E-state index contributed by atoms with van der Waals surface area (Å²) in [6.45, 7) is 0.493. The monoisotopic (exact) mass is 255 g/mol. The van der Waals surface area contributed by atoms with Crippen molar-refractivity contribution in [1.82, 2.24) is 5.32 Å². The van der Waals surface area contributed by atoms with Gasteiger partial charge in [0.25, 0.3) is 0 Å². The summed E-state index contributed by atoms with van der Waals surface area (Å²) in [6, 6.07) is 5.36. The Bertz CT molecular complexity index is 353. The summed E-state index contributed by atoms with van der Waals surface area (Å²) in [5, 5.41) is 20.9. The first-order valence-electron chi connectivity index (χ1n) is 5.91. The summed E-state index contributed by atoms with van der Waals surface area (Å²) in [5.74, 6) is 1.59. The number of nitrogens with one attached hydrogen (secondary N) is 1. The van der Waals surface area contributed by atoms with Crippen molar-refractivity contribution >= 4 is 0 Å². The molecular weight excluding hydrogens is 234 g/mol. The molecule has 0 amide bonds. The average molecular weight is 255 g/mol. The molecule has 5 nitrogen and oxygen atoms in total. The van der Waals surface area contributed by atoms with Crippen molar-refractivity contribution in [1.29, 1.82) is 0 Å². The van der Waals surface area contributed by atoms with Crippen LogP contribution in [0.3, 0.4) is 0 Å². The molecule has 1 aromatic rings. The van der Waals surface area contributed by atoms with Crippen molar-refractivity contribution in [3.8, 4) is 11.5 Å². The molecule has 0 aliphatic heterocycles. The van der Waals surface area contributed by atoms with Crippen LogP contribution in [0.5, 0.6) is 11.5 Å². The van der Waals surface area contributed by atoms with E-state index >= 15 is 0 Å². The van der Waals surface area contributed by atoms with Gasteiger partial charge in [-0.3, -0.25) is 0 Å². The number of ether oxygens (including phenoxy) is 2. The molecule has 18 heavy (non-hydrogen) atoms. The van der Waals surface area contributed by atoms with Gasteiger partial charge in [-0.1, -0.05) is 0 Å². The van der Waals surface area contributed by atoms with Crippen LogP contribution < -0.4 is 14.8 Å². The summed E-state index contributed by atoms with van der Waals surface area (Å²) in [4.78, 5) is 0. The smallest absolute Gasteiger partial charge is 0.122 e. The highest BCUT2D eigenvalue weighted by Crippen LogP contribution is 2.24. The summed E-state index contributed by atoms with van der Waals surface area (Å²) < 4.78 is 10.4. The Balaban J connectivity index is 2.59. The standard InChI is InChI=1S/C13H21NO4/c1-17-12-3-4-13(18-2)10(7-12)5-6-14-11(8-15)9-16/h3-4,7,11,14-16H,5-6,8-9H2,1-2H3. The Labute approximate surface area is 107 Å². The third kappa shape index (κ3) is 4.18. The Kier molecular flexibility index (Phi) is 6.49. The van der Waals surface area contributed by atoms with Crippen LogP contribution in [0.4, 0.5) is 0 Å². The Hall–Kier alpha value is -1.30. The lowest BCUT2D eigenvalue weighted by Crippen LogP contribution is -2.36. The molecule has 0 unspecified atom stereocenters. The van der Waals surface area contributed by atoms with Gasteiger partial charge in [0.15, 0.2) is 0 Å². The number of hydrogen-bond donors (Lipinski definition) is 3. The van der Waals surface area contributed by atoms with Crippen LogP contribution in [0, 0.1) is 0 Å². The summed E-state index contributed by atoms with van der Waals surface area (Å²) in [5.41, 5.74) is 1.03. The Morgan fingerprint density at radius 3 is 2.44 bits per heavy atom. The fraction of sp³-hybridized carbons (Fsp3) is 0.538. The van der Waals surface area contributed by atoms with E-state index in [0.717, 1.165) is 23.5 Å². The van der Waals surface area contributed by atoms with Gasteiger partial charge in [0, 0.05) is 0 Å². The minimum absolute atomic E-state index is 0.0776. The van der Waals surface area contributed by atoms with Crippen LogP contribution >= 0.6 is 0 Å². The number of methoxy groups -OCH3 is 2. The van der Waals surface area contributed by atoms with Gasteiger partial charge in [0.2, 0.25) is 0 Å². The molecule has 0 aromatic heterocycles. The quantitative estimate of drug-likeness (QED) is 0.618. The lowest BCUT2D eigenvalue weighted by Gasteiger charge is -2.14. The average Bonchev–Trinajstić information content (AvgIpc) is 2.43. The minimum Gasteiger partial charge on any atom is -0.497 e. The third-order valence-corrected chi connectivity index (χ3v) is 2.76. The number of benzene rings is 1. The van der Waals surface area contributed by atoms with Gasteiger partial charge in [-0.15, -0.1) is 0 Å². The van der Waals surface area contributed by atoms with Crippen LogP contribution in [0.2, 0.25) is 0 Å². The van der Waals surface area contributed by atoms with Gasteiger partial charge < -0.3 is 25.0 Å². The molecule has 0 radical (unpaired) electrons. The molecule has 0 saturated carbocycles. The Morgan fingerprint density at radius 2 is 1.89 bits per heavy atom. The van der Waals surface area contributed by atoms with Crippen molar-refractivity contribution < 1.29 is 19.7 Å². The normalized spacial score (nSPS) is 10.7. The zero-order valence-electron chi connectivity index (χ0n) is 10.8. The first kappa shape index (κ1) is 14.8. The number of aliphatic hydroxyl groups excluding tert-OH is 2. The summed E-state index contributed by atoms with van der Waals surface area (Å²) in [6.07, 6.45) is 0.733. The third-order valence-electron chi connectivity index (χ3n) is 2.76. The van der Waals surface area contributed by atoms with Crippen molar-refractivity contribution in [2.75, 3.05) is 34.0 Å².